The van der Waals surface area contributed by atoms with Gasteiger partial charge < -0.3 is 5.32 Å². The van der Waals surface area contributed by atoms with Crippen LogP contribution in [0.2, 0.25) is 0 Å². The summed E-state index contributed by atoms with van der Waals surface area (Å²) in [6.45, 7) is 0.232. The predicted molar refractivity (Wildman–Crippen MR) is 83.1 cm³/mol. The molecule has 0 aliphatic heterocycles. The summed E-state index contributed by atoms with van der Waals surface area (Å²) in [5.41, 5.74) is 0.108. The van der Waals surface area contributed by atoms with Crippen LogP contribution in [0.5, 0.6) is 0 Å². The number of nitrogens with one attached hydrogen (secondary N) is 1. The molecular formula is C17H13F4N3. The highest BCUT2D eigenvalue weighted by molar-refractivity contribution is 5.88. The first-order valence-electron chi connectivity index (χ1n) is 7.24. The topological polar surface area (TPSA) is 37.8 Å². The van der Waals surface area contributed by atoms with Gasteiger partial charge in [0.2, 0.25) is 0 Å². The van der Waals surface area contributed by atoms with Crippen LogP contribution in [-0.4, -0.2) is 16.5 Å². The molecule has 0 saturated carbocycles. The molecule has 0 saturated heterocycles. The van der Waals surface area contributed by atoms with Gasteiger partial charge in [-0.25, -0.2) is 14.4 Å². The van der Waals surface area contributed by atoms with Gasteiger partial charge in [0.15, 0.2) is 0 Å². The van der Waals surface area contributed by atoms with E-state index in [1.807, 2.05) is 0 Å². The third-order valence-corrected chi connectivity index (χ3v) is 3.61. The molecule has 3 nitrogen and oxygen atoms in total. The van der Waals surface area contributed by atoms with Crippen LogP contribution in [0, 0.1) is 5.82 Å². The van der Waals surface area contributed by atoms with Crippen molar-refractivity contribution in [3.8, 4) is 0 Å². The molecule has 24 heavy (non-hydrogen) atoms. The van der Waals surface area contributed by atoms with E-state index >= 15 is 0 Å². The fourth-order valence-electron chi connectivity index (χ4n) is 2.50. The van der Waals surface area contributed by atoms with Gasteiger partial charge in [0.1, 0.15) is 18.0 Å². The number of benzene rings is 2. The lowest BCUT2D eigenvalue weighted by Gasteiger charge is -2.13. The summed E-state index contributed by atoms with van der Waals surface area (Å²) in [6.07, 6.45) is -2.90. The molecule has 0 unspecified atom stereocenters. The Hall–Kier alpha value is -2.70. The Bertz CT molecular complexity index is 862. The van der Waals surface area contributed by atoms with Crippen LogP contribution < -0.4 is 5.32 Å². The number of hydrogen-bond donors (Lipinski definition) is 1. The first kappa shape index (κ1) is 16.2. The Balaban J connectivity index is 1.78. The molecule has 0 amide bonds. The highest BCUT2D eigenvalue weighted by Crippen LogP contribution is 2.32. The highest BCUT2D eigenvalue weighted by Gasteiger charge is 2.32. The van der Waals surface area contributed by atoms with Crippen LogP contribution in [0.25, 0.3) is 10.9 Å². The summed E-state index contributed by atoms with van der Waals surface area (Å²) in [6, 6.07) is 9.55. The Morgan fingerprint density at radius 3 is 2.58 bits per heavy atom. The number of alkyl halides is 3. The number of aromatic nitrogens is 2. The monoisotopic (exact) mass is 335 g/mol. The van der Waals surface area contributed by atoms with E-state index in [2.05, 4.69) is 15.3 Å². The zero-order valence-electron chi connectivity index (χ0n) is 12.4. The van der Waals surface area contributed by atoms with Crippen LogP contribution in [0.15, 0.2) is 48.8 Å². The average molecular weight is 335 g/mol. The van der Waals surface area contributed by atoms with Crippen LogP contribution in [0.1, 0.15) is 11.1 Å². The van der Waals surface area contributed by atoms with Gasteiger partial charge in [0, 0.05) is 11.9 Å². The molecule has 2 aromatic carbocycles. The predicted octanol–water partition coefficient (Wildman–Crippen LogP) is 4.44. The van der Waals surface area contributed by atoms with Crippen LogP contribution >= 0.6 is 0 Å². The molecule has 0 aliphatic rings. The number of halogens is 4. The van der Waals surface area contributed by atoms with Gasteiger partial charge in [0.05, 0.1) is 11.1 Å². The fraction of sp³-hybridized carbons (Fsp3) is 0.176. The zero-order chi connectivity index (χ0) is 17.2. The first-order chi connectivity index (χ1) is 11.4. The van der Waals surface area contributed by atoms with Gasteiger partial charge in [-0.05, 0) is 36.2 Å². The van der Waals surface area contributed by atoms with Gasteiger partial charge in [-0.2, -0.15) is 13.2 Å². The summed E-state index contributed by atoms with van der Waals surface area (Å²) in [5, 5.41) is 3.44. The van der Waals surface area contributed by atoms with Crippen LogP contribution in [0.3, 0.4) is 0 Å². The van der Waals surface area contributed by atoms with E-state index < -0.39 is 17.6 Å². The summed E-state index contributed by atoms with van der Waals surface area (Å²) < 4.78 is 52.3. The van der Waals surface area contributed by atoms with E-state index in [4.69, 9.17) is 0 Å². The summed E-state index contributed by atoms with van der Waals surface area (Å²) in [7, 11) is 0. The molecule has 7 heteroatoms. The van der Waals surface area contributed by atoms with Gasteiger partial charge >= 0.3 is 6.18 Å². The molecule has 1 N–H and O–H groups in total. The minimum atomic E-state index is -4.39. The summed E-state index contributed by atoms with van der Waals surface area (Å²) in [4.78, 5) is 8.07. The quantitative estimate of drug-likeness (QED) is 0.716. The zero-order valence-corrected chi connectivity index (χ0v) is 12.4. The number of fused-ring (bicyclic) bond motifs is 1. The van der Waals surface area contributed by atoms with Crippen molar-refractivity contribution in [3.63, 3.8) is 0 Å². The molecule has 0 bridgehead atoms. The third-order valence-electron chi connectivity index (χ3n) is 3.61. The normalized spacial score (nSPS) is 11.7. The largest absolute Gasteiger partial charge is 0.416 e. The molecule has 0 fully saturated rings. The maximum atomic E-state index is 13.4. The Morgan fingerprint density at radius 1 is 1.00 bits per heavy atom. The van der Waals surface area contributed by atoms with Crippen molar-refractivity contribution < 1.29 is 17.6 Å². The van der Waals surface area contributed by atoms with Gasteiger partial charge in [-0.1, -0.05) is 18.2 Å². The number of anilines is 1. The molecule has 3 rings (SSSR count). The van der Waals surface area contributed by atoms with E-state index in [1.165, 1.54) is 36.7 Å². The van der Waals surface area contributed by atoms with E-state index in [0.29, 0.717) is 16.7 Å². The van der Waals surface area contributed by atoms with Crippen molar-refractivity contribution in [2.45, 2.75) is 12.6 Å². The molecule has 0 atom stereocenters. The average Bonchev–Trinajstić information content (AvgIpc) is 2.55. The Morgan fingerprint density at radius 2 is 1.79 bits per heavy atom. The summed E-state index contributed by atoms with van der Waals surface area (Å²) in [5.74, 6) is -0.0354. The molecule has 0 spiro atoms. The van der Waals surface area contributed by atoms with E-state index in [-0.39, 0.29) is 18.5 Å². The maximum absolute atomic E-state index is 13.4. The molecule has 3 aromatic rings. The van der Waals surface area contributed by atoms with Gasteiger partial charge in [-0.15, -0.1) is 0 Å². The maximum Gasteiger partial charge on any atom is 0.416 e. The second-order valence-electron chi connectivity index (χ2n) is 5.22. The smallest absolute Gasteiger partial charge is 0.369 e. The Kier molecular flexibility index (Phi) is 4.33. The summed E-state index contributed by atoms with van der Waals surface area (Å²) >= 11 is 0. The standard InChI is InChI=1S/C17H13F4N3/c18-12-5-6-15-13(9-12)16(24-10-23-15)22-8-7-11-3-1-2-4-14(11)17(19,20)21/h1-6,9-10H,7-8H2,(H,22,23,24). The first-order valence-corrected chi connectivity index (χ1v) is 7.24. The molecule has 0 aliphatic carbocycles. The van der Waals surface area contributed by atoms with Crippen molar-refractivity contribution in [2.75, 3.05) is 11.9 Å². The van der Waals surface area contributed by atoms with E-state index in [1.54, 1.807) is 6.07 Å². The SMILES string of the molecule is Fc1ccc2ncnc(NCCc3ccccc3C(F)(F)F)c2c1. The number of rotatable bonds is 4. The second-order valence-corrected chi connectivity index (χ2v) is 5.22. The Labute approximate surface area is 135 Å². The lowest BCUT2D eigenvalue weighted by Crippen LogP contribution is -2.13. The second kappa shape index (κ2) is 6.43. The van der Waals surface area contributed by atoms with Gasteiger partial charge in [-0.3, -0.25) is 0 Å². The van der Waals surface area contributed by atoms with E-state index in [9.17, 15) is 17.6 Å². The minimum Gasteiger partial charge on any atom is -0.369 e. The third kappa shape index (κ3) is 3.45. The lowest BCUT2D eigenvalue weighted by molar-refractivity contribution is -0.138. The minimum absolute atomic E-state index is 0.163. The lowest BCUT2D eigenvalue weighted by atomic mass is 10.0. The van der Waals surface area contributed by atoms with Crippen LogP contribution in [0.4, 0.5) is 23.4 Å². The van der Waals surface area contributed by atoms with Crippen LogP contribution in [-0.2, 0) is 12.6 Å². The molecule has 1 aromatic heterocycles. The van der Waals surface area contributed by atoms with Crippen molar-refractivity contribution in [3.05, 3.63) is 65.7 Å². The van der Waals surface area contributed by atoms with Crippen molar-refractivity contribution in [2.24, 2.45) is 0 Å². The highest BCUT2D eigenvalue weighted by atomic mass is 19.4. The molecule has 1 heterocycles. The van der Waals surface area contributed by atoms with Crippen molar-refractivity contribution >= 4 is 16.7 Å². The fourth-order valence-corrected chi connectivity index (χ4v) is 2.50. The van der Waals surface area contributed by atoms with Crippen molar-refractivity contribution in [1.82, 2.24) is 9.97 Å². The van der Waals surface area contributed by atoms with Crippen molar-refractivity contribution in [1.29, 1.82) is 0 Å². The number of nitrogens with zero attached hydrogens (tertiary/aromatic N) is 2. The number of hydrogen-bond acceptors (Lipinski definition) is 3. The molecular weight excluding hydrogens is 322 g/mol. The molecule has 124 valence electrons. The van der Waals surface area contributed by atoms with Gasteiger partial charge in [0.25, 0.3) is 0 Å². The van der Waals surface area contributed by atoms with E-state index in [0.717, 1.165) is 6.07 Å². The molecule has 0 radical (unpaired) electrons.